The summed E-state index contributed by atoms with van der Waals surface area (Å²) in [4.78, 5) is 13.6. The van der Waals surface area contributed by atoms with Crippen LogP contribution in [-0.4, -0.2) is 12.6 Å². The third-order valence-electron chi connectivity index (χ3n) is 7.97. The predicted molar refractivity (Wildman–Crippen MR) is 126 cm³/mol. The van der Waals surface area contributed by atoms with Gasteiger partial charge in [-0.05, 0) is 49.8 Å². The van der Waals surface area contributed by atoms with Crippen molar-refractivity contribution in [3.63, 3.8) is 0 Å². The van der Waals surface area contributed by atoms with Crippen LogP contribution in [0.1, 0.15) is 121 Å². The lowest BCUT2D eigenvalue weighted by atomic mass is 9.69. The number of ether oxygens (including phenoxy) is 1. The van der Waals surface area contributed by atoms with Gasteiger partial charge in [-0.3, -0.25) is 4.79 Å². The van der Waals surface area contributed by atoms with Gasteiger partial charge in [-0.2, -0.15) is 5.26 Å². The Balaban J connectivity index is 1.72. The molecule has 2 aliphatic rings. The highest BCUT2D eigenvalue weighted by molar-refractivity contribution is 5.83. The van der Waals surface area contributed by atoms with Gasteiger partial charge in [0.2, 0.25) is 0 Å². The molecular formula is C28H40FNO2. The molecule has 0 unspecified atom stereocenters. The number of benzene rings is 1. The van der Waals surface area contributed by atoms with Crippen molar-refractivity contribution in [2.75, 3.05) is 6.61 Å². The molecule has 0 spiro atoms. The van der Waals surface area contributed by atoms with Crippen molar-refractivity contribution < 1.29 is 13.9 Å². The van der Waals surface area contributed by atoms with Gasteiger partial charge in [0, 0.05) is 5.41 Å². The minimum atomic E-state index is -0.774. The Labute approximate surface area is 193 Å². The molecule has 2 fully saturated rings. The standard InChI is InChI=1S/C28H40FNO2/c1-2-3-4-5-8-15-27(16-9-6-10-17-27)22-32-26(31)28(18-11-7-12-19-28)24-14-13-23(21-30)25(29)20-24/h13-14,20H,2-12,15-19,22H2,1H3. The second kappa shape index (κ2) is 11.8. The zero-order chi connectivity index (χ0) is 22.9. The summed E-state index contributed by atoms with van der Waals surface area (Å²) in [6.07, 6.45) is 17.8. The summed E-state index contributed by atoms with van der Waals surface area (Å²) in [5.41, 5.74) is 0.0453. The summed E-state index contributed by atoms with van der Waals surface area (Å²) in [5, 5.41) is 9.09. The van der Waals surface area contributed by atoms with E-state index in [9.17, 15) is 9.18 Å². The average Bonchev–Trinajstić information content (AvgIpc) is 2.83. The minimum absolute atomic E-state index is 0.0253. The number of carbonyl (C=O) groups is 1. The zero-order valence-electron chi connectivity index (χ0n) is 19.9. The maximum absolute atomic E-state index is 14.4. The zero-order valence-corrected chi connectivity index (χ0v) is 19.9. The van der Waals surface area contributed by atoms with Gasteiger partial charge in [-0.1, -0.05) is 83.6 Å². The lowest BCUT2D eigenvalue weighted by Crippen LogP contribution is -2.42. The maximum Gasteiger partial charge on any atom is 0.316 e. The van der Waals surface area contributed by atoms with Crippen LogP contribution in [0.5, 0.6) is 0 Å². The Morgan fingerprint density at radius 1 is 1.00 bits per heavy atom. The molecule has 0 heterocycles. The van der Waals surface area contributed by atoms with Crippen LogP contribution in [0.2, 0.25) is 0 Å². The number of hydrogen-bond donors (Lipinski definition) is 0. The number of unbranched alkanes of at least 4 members (excludes halogenated alkanes) is 4. The normalized spacial score (nSPS) is 19.8. The second-order valence-corrected chi connectivity index (χ2v) is 10.3. The van der Waals surface area contributed by atoms with Crippen molar-refractivity contribution in [2.24, 2.45) is 5.41 Å². The molecular weight excluding hydrogens is 401 g/mol. The molecule has 32 heavy (non-hydrogen) atoms. The van der Waals surface area contributed by atoms with Crippen LogP contribution in [-0.2, 0) is 14.9 Å². The summed E-state index contributed by atoms with van der Waals surface area (Å²) in [7, 11) is 0. The molecule has 0 bridgehead atoms. The van der Waals surface area contributed by atoms with Gasteiger partial charge < -0.3 is 4.74 Å². The summed E-state index contributed by atoms with van der Waals surface area (Å²) in [5.74, 6) is -0.726. The van der Waals surface area contributed by atoms with E-state index in [-0.39, 0.29) is 16.9 Å². The lowest BCUT2D eigenvalue weighted by molar-refractivity contribution is -0.157. The summed E-state index contributed by atoms with van der Waals surface area (Å²) < 4.78 is 20.6. The maximum atomic E-state index is 14.4. The molecule has 1 aromatic carbocycles. The first kappa shape index (κ1) is 24.7. The molecule has 0 N–H and O–H groups in total. The average molecular weight is 442 g/mol. The smallest absolute Gasteiger partial charge is 0.316 e. The minimum Gasteiger partial charge on any atom is -0.464 e. The molecule has 3 nitrogen and oxygen atoms in total. The Morgan fingerprint density at radius 3 is 2.28 bits per heavy atom. The first-order valence-corrected chi connectivity index (χ1v) is 12.9. The lowest BCUT2D eigenvalue weighted by Gasteiger charge is -2.40. The van der Waals surface area contributed by atoms with Crippen molar-refractivity contribution in [1.82, 2.24) is 0 Å². The van der Waals surface area contributed by atoms with Gasteiger partial charge in [0.05, 0.1) is 17.6 Å². The van der Waals surface area contributed by atoms with Crippen molar-refractivity contribution in [2.45, 2.75) is 115 Å². The highest BCUT2D eigenvalue weighted by Crippen LogP contribution is 2.44. The van der Waals surface area contributed by atoms with E-state index >= 15 is 0 Å². The molecule has 1 aromatic rings. The van der Waals surface area contributed by atoms with Gasteiger partial charge in [0.25, 0.3) is 0 Å². The van der Waals surface area contributed by atoms with Crippen LogP contribution in [0.15, 0.2) is 18.2 Å². The van der Waals surface area contributed by atoms with Gasteiger partial charge in [0.15, 0.2) is 0 Å². The molecule has 0 atom stereocenters. The monoisotopic (exact) mass is 441 g/mol. The van der Waals surface area contributed by atoms with E-state index in [2.05, 4.69) is 6.92 Å². The largest absolute Gasteiger partial charge is 0.464 e. The van der Waals surface area contributed by atoms with E-state index in [1.165, 1.54) is 63.5 Å². The first-order valence-electron chi connectivity index (χ1n) is 12.9. The Bertz CT molecular complexity index is 785. The molecule has 0 radical (unpaired) electrons. The molecule has 3 rings (SSSR count). The van der Waals surface area contributed by atoms with Gasteiger partial charge >= 0.3 is 5.97 Å². The summed E-state index contributed by atoms with van der Waals surface area (Å²) >= 11 is 0. The van der Waals surface area contributed by atoms with Gasteiger partial charge in [0.1, 0.15) is 11.9 Å². The topological polar surface area (TPSA) is 50.1 Å². The van der Waals surface area contributed by atoms with E-state index < -0.39 is 11.2 Å². The van der Waals surface area contributed by atoms with E-state index in [1.807, 2.05) is 6.07 Å². The van der Waals surface area contributed by atoms with Crippen molar-refractivity contribution in [3.05, 3.63) is 35.1 Å². The Hall–Kier alpha value is -1.89. The number of halogens is 1. The number of nitriles is 1. The molecule has 2 saturated carbocycles. The first-order chi connectivity index (χ1) is 15.6. The third kappa shape index (κ3) is 5.91. The predicted octanol–water partition coefficient (Wildman–Crippen LogP) is 7.75. The van der Waals surface area contributed by atoms with E-state index in [0.717, 1.165) is 38.5 Å². The van der Waals surface area contributed by atoms with Crippen LogP contribution in [0, 0.1) is 22.6 Å². The molecule has 0 aromatic heterocycles. The Morgan fingerprint density at radius 2 is 1.66 bits per heavy atom. The fourth-order valence-electron chi connectivity index (χ4n) is 5.90. The molecule has 0 saturated heterocycles. The highest BCUT2D eigenvalue weighted by atomic mass is 19.1. The number of carbonyl (C=O) groups excluding carboxylic acids is 1. The van der Waals surface area contributed by atoms with Crippen molar-refractivity contribution >= 4 is 5.97 Å². The second-order valence-electron chi connectivity index (χ2n) is 10.3. The van der Waals surface area contributed by atoms with Crippen LogP contribution in [0.25, 0.3) is 0 Å². The molecule has 2 aliphatic carbocycles. The Kier molecular flexibility index (Phi) is 9.14. The molecule has 176 valence electrons. The van der Waals surface area contributed by atoms with Crippen molar-refractivity contribution in [3.8, 4) is 6.07 Å². The van der Waals surface area contributed by atoms with E-state index in [0.29, 0.717) is 25.0 Å². The van der Waals surface area contributed by atoms with Crippen molar-refractivity contribution in [1.29, 1.82) is 5.26 Å². The summed E-state index contributed by atoms with van der Waals surface area (Å²) in [6, 6.07) is 6.55. The molecule has 4 heteroatoms. The van der Waals surface area contributed by atoms with Crippen LogP contribution < -0.4 is 0 Å². The quantitative estimate of drug-likeness (QED) is 0.275. The molecule has 0 aliphatic heterocycles. The van der Waals surface area contributed by atoms with Crippen LogP contribution in [0.4, 0.5) is 4.39 Å². The number of hydrogen-bond acceptors (Lipinski definition) is 3. The highest BCUT2D eigenvalue weighted by Gasteiger charge is 2.44. The van der Waals surface area contributed by atoms with Gasteiger partial charge in [-0.25, -0.2) is 4.39 Å². The number of nitrogens with zero attached hydrogens (tertiary/aromatic N) is 1. The van der Waals surface area contributed by atoms with Crippen LogP contribution >= 0.6 is 0 Å². The number of esters is 1. The SMILES string of the molecule is CCCCCCCC1(COC(=O)C2(c3ccc(C#N)c(F)c3)CCCCC2)CCCCC1. The fraction of sp³-hybridized carbons (Fsp3) is 0.714. The van der Waals surface area contributed by atoms with Crippen LogP contribution in [0.3, 0.4) is 0 Å². The molecule has 0 amide bonds. The van der Waals surface area contributed by atoms with Gasteiger partial charge in [-0.15, -0.1) is 0 Å². The van der Waals surface area contributed by atoms with E-state index in [4.69, 9.17) is 10.00 Å². The fourth-order valence-corrected chi connectivity index (χ4v) is 5.90. The summed E-state index contributed by atoms with van der Waals surface area (Å²) in [6.45, 7) is 2.74. The third-order valence-corrected chi connectivity index (χ3v) is 7.97. The number of rotatable bonds is 10. The van der Waals surface area contributed by atoms with E-state index in [1.54, 1.807) is 6.07 Å².